The van der Waals surface area contributed by atoms with Crippen LogP contribution in [0.15, 0.2) is 24.3 Å². The Morgan fingerprint density at radius 2 is 2.11 bits per heavy atom. The van der Waals surface area contributed by atoms with Crippen LogP contribution in [-0.2, 0) is 14.3 Å². The third kappa shape index (κ3) is 4.06. The van der Waals surface area contributed by atoms with Gasteiger partial charge in [0.2, 0.25) is 5.91 Å². The summed E-state index contributed by atoms with van der Waals surface area (Å²) in [6.45, 7) is 1.85. The number of non-ortho nitro benzene ring substituents is 1. The van der Waals surface area contributed by atoms with Crippen LogP contribution >= 0.6 is 0 Å². The number of nitro groups is 1. The van der Waals surface area contributed by atoms with Crippen LogP contribution < -0.4 is 4.90 Å². The highest BCUT2D eigenvalue weighted by Crippen LogP contribution is 2.20. The van der Waals surface area contributed by atoms with Gasteiger partial charge in [-0.25, -0.2) is 0 Å². The van der Waals surface area contributed by atoms with Crippen LogP contribution in [0.2, 0.25) is 0 Å². The number of benzene rings is 1. The van der Waals surface area contributed by atoms with Crippen molar-refractivity contribution < 1.29 is 19.2 Å². The molecule has 0 bridgehead atoms. The van der Waals surface area contributed by atoms with E-state index in [1.54, 1.807) is 13.0 Å². The summed E-state index contributed by atoms with van der Waals surface area (Å²) >= 11 is 0. The second kappa shape index (κ2) is 6.48. The van der Waals surface area contributed by atoms with E-state index in [1.165, 1.54) is 30.1 Å². The maximum absolute atomic E-state index is 11.8. The lowest BCUT2D eigenvalue weighted by molar-refractivity contribution is -0.384. The van der Waals surface area contributed by atoms with Gasteiger partial charge in [-0.2, -0.15) is 0 Å². The van der Waals surface area contributed by atoms with Crippen molar-refractivity contribution in [1.82, 2.24) is 0 Å². The molecule has 19 heavy (non-hydrogen) atoms. The van der Waals surface area contributed by atoms with Crippen LogP contribution in [0.25, 0.3) is 0 Å². The zero-order valence-corrected chi connectivity index (χ0v) is 10.7. The molecule has 0 saturated carbocycles. The highest BCUT2D eigenvalue weighted by atomic mass is 16.6. The Hall–Kier alpha value is -2.44. The summed E-state index contributed by atoms with van der Waals surface area (Å²) in [5, 5.41) is 10.6. The van der Waals surface area contributed by atoms with Gasteiger partial charge in [-0.05, 0) is 13.0 Å². The minimum atomic E-state index is -0.621. The summed E-state index contributed by atoms with van der Waals surface area (Å²) in [5.74, 6) is -1.11. The van der Waals surface area contributed by atoms with Crippen molar-refractivity contribution in [3.8, 4) is 0 Å². The third-order valence-electron chi connectivity index (χ3n) is 2.40. The summed E-state index contributed by atoms with van der Waals surface area (Å²) in [6, 6.07) is 5.62. The Labute approximate surface area is 109 Å². The fourth-order valence-corrected chi connectivity index (χ4v) is 1.41. The average molecular weight is 266 g/mol. The SMILES string of the molecule is CCOC(=O)CC(=O)N(C)c1cccc([N+](=O)[O-])c1. The van der Waals surface area contributed by atoms with E-state index in [-0.39, 0.29) is 12.3 Å². The lowest BCUT2D eigenvalue weighted by Gasteiger charge is -2.16. The van der Waals surface area contributed by atoms with E-state index >= 15 is 0 Å². The molecule has 0 aliphatic rings. The number of hydrogen-bond acceptors (Lipinski definition) is 5. The Bertz CT molecular complexity index is 501. The zero-order chi connectivity index (χ0) is 14.4. The molecule has 0 spiro atoms. The molecule has 102 valence electrons. The largest absolute Gasteiger partial charge is 0.466 e. The number of carbonyl (C=O) groups is 2. The molecule has 1 amide bonds. The standard InChI is InChI=1S/C12H14N2O5/c1-3-19-12(16)8-11(15)13(2)9-5-4-6-10(7-9)14(17)18/h4-7H,3,8H2,1-2H3. The zero-order valence-electron chi connectivity index (χ0n) is 10.7. The fraction of sp³-hybridized carbons (Fsp3) is 0.333. The first kappa shape index (κ1) is 14.6. The Morgan fingerprint density at radius 3 is 2.68 bits per heavy atom. The summed E-state index contributed by atoms with van der Waals surface area (Å²) in [4.78, 5) is 34.2. The molecule has 1 rings (SSSR count). The van der Waals surface area contributed by atoms with Gasteiger partial charge in [0.1, 0.15) is 6.42 Å². The lowest BCUT2D eigenvalue weighted by Crippen LogP contribution is -2.28. The van der Waals surface area contributed by atoms with Gasteiger partial charge in [-0.3, -0.25) is 19.7 Å². The second-order valence-electron chi connectivity index (χ2n) is 3.71. The summed E-state index contributed by atoms with van der Waals surface area (Å²) in [6.07, 6.45) is -0.396. The van der Waals surface area contributed by atoms with Crippen molar-refractivity contribution in [3.63, 3.8) is 0 Å². The van der Waals surface area contributed by atoms with E-state index < -0.39 is 23.2 Å². The summed E-state index contributed by atoms with van der Waals surface area (Å²) < 4.78 is 4.67. The maximum atomic E-state index is 11.8. The third-order valence-corrected chi connectivity index (χ3v) is 2.40. The molecule has 1 aromatic rings. The van der Waals surface area contributed by atoms with Gasteiger partial charge in [0.05, 0.1) is 17.2 Å². The molecule has 1 aromatic carbocycles. The molecule has 7 heteroatoms. The van der Waals surface area contributed by atoms with E-state index in [2.05, 4.69) is 4.74 Å². The minimum absolute atomic E-state index is 0.117. The van der Waals surface area contributed by atoms with Crippen LogP contribution in [0.4, 0.5) is 11.4 Å². The van der Waals surface area contributed by atoms with E-state index in [9.17, 15) is 19.7 Å². The number of ether oxygens (including phenoxy) is 1. The number of nitro benzene ring substituents is 1. The number of hydrogen-bond donors (Lipinski definition) is 0. The predicted octanol–water partition coefficient (Wildman–Crippen LogP) is 1.51. The summed E-state index contributed by atoms with van der Waals surface area (Å²) in [5.41, 5.74) is 0.233. The average Bonchev–Trinajstić information content (AvgIpc) is 2.38. The first-order valence-corrected chi connectivity index (χ1v) is 5.62. The van der Waals surface area contributed by atoms with Gasteiger partial charge < -0.3 is 9.64 Å². The molecule has 0 aliphatic heterocycles. The quantitative estimate of drug-likeness (QED) is 0.349. The normalized spacial score (nSPS) is 9.79. The number of anilines is 1. The van der Waals surface area contributed by atoms with E-state index in [4.69, 9.17) is 0 Å². The van der Waals surface area contributed by atoms with Crippen LogP contribution in [0.1, 0.15) is 13.3 Å². The van der Waals surface area contributed by atoms with Crippen molar-refractivity contribution >= 4 is 23.3 Å². The molecule has 0 fully saturated rings. The number of carbonyl (C=O) groups excluding carboxylic acids is 2. The Balaban J connectivity index is 2.79. The Morgan fingerprint density at radius 1 is 1.42 bits per heavy atom. The molecule has 0 unspecified atom stereocenters. The van der Waals surface area contributed by atoms with Crippen molar-refractivity contribution in [2.75, 3.05) is 18.6 Å². The molecule has 7 nitrogen and oxygen atoms in total. The Kier molecular flexibility index (Phi) is 4.99. The van der Waals surface area contributed by atoms with Crippen molar-refractivity contribution in [2.24, 2.45) is 0 Å². The number of rotatable bonds is 5. The van der Waals surface area contributed by atoms with E-state index in [0.29, 0.717) is 5.69 Å². The smallest absolute Gasteiger partial charge is 0.315 e. The monoisotopic (exact) mass is 266 g/mol. The molecule has 0 radical (unpaired) electrons. The number of amides is 1. The first-order chi connectivity index (χ1) is 8.95. The molecular formula is C12H14N2O5. The van der Waals surface area contributed by atoms with Gasteiger partial charge in [-0.15, -0.1) is 0 Å². The van der Waals surface area contributed by atoms with Crippen molar-refractivity contribution in [2.45, 2.75) is 13.3 Å². The van der Waals surface area contributed by atoms with E-state index in [0.717, 1.165) is 0 Å². The number of nitrogens with zero attached hydrogens (tertiary/aromatic N) is 2. The van der Waals surface area contributed by atoms with Crippen LogP contribution in [0.5, 0.6) is 0 Å². The molecule has 0 atom stereocenters. The lowest BCUT2D eigenvalue weighted by atomic mass is 10.2. The summed E-state index contributed by atoms with van der Waals surface area (Å²) in [7, 11) is 1.45. The van der Waals surface area contributed by atoms with Gasteiger partial charge >= 0.3 is 5.97 Å². The number of esters is 1. The fourth-order valence-electron chi connectivity index (χ4n) is 1.41. The van der Waals surface area contributed by atoms with Gasteiger partial charge in [-0.1, -0.05) is 6.07 Å². The molecule has 0 aromatic heterocycles. The predicted molar refractivity (Wildman–Crippen MR) is 67.8 cm³/mol. The topological polar surface area (TPSA) is 89.8 Å². The molecule has 0 heterocycles. The van der Waals surface area contributed by atoms with Crippen molar-refractivity contribution in [3.05, 3.63) is 34.4 Å². The van der Waals surface area contributed by atoms with Crippen LogP contribution in [0.3, 0.4) is 0 Å². The highest BCUT2D eigenvalue weighted by molar-refractivity contribution is 6.03. The molecule has 0 N–H and O–H groups in total. The van der Waals surface area contributed by atoms with Crippen LogP contribution in [-0.4, -0.2) is 30.5 Å². The molecule has 0 aliphatic carbocycles. The van der Waals surface area contributed by atoms with Crippen molar-refractivity contribution in [1.29, 1.82) is 0 Å². The molecule has 0 saturated heterocycles. The minimum Gasteiger partial charge on any atom is -0.466 e. The van der Waals surface area contributed by atoms with Gasteiger partial charge in [0.15, 0.2) is 0 Å². The van der Waals surface area contributed by atoms with E-state index in [1.807, 2.05) is 0 Å². The highest BCUT2D eigenvalue weighted by Gasteiger charge is 2.17. The maximum Gasteiger partial charge on any atom is 0.315 e. The van der Waals surface area contributed by atoms with Gasteiger partial charge in [0, 0.05) is 19.2 Å². The van der Waals surface area contributed by atoms with Gasteiger partial charge in [0.25, 0.3) is 5.69 Å². The molecular weight excluding hydrogens is 252 g/mol. The van der Waals surface area contributed by atoms with Crippen LogP contribution in [0, 0.1) is 10.1 Å². The second-order valence-corrected chi connectivity index (χ2v) is 3.71. The first-order valence-electron chi connectivity index (χ1n) is 5.62.